The maximum absolute atomic E-state index is 5.90. The Hall–Kier alpha value is -1.63. The molecule has 3 aliphatic rings. The molecule has 1 saturated carbocycles. The smallest absolute Gasteiger partial charge is 0.191 e. The van der Waals surface area contributed by atoms with Crippen molar-refractivity contribution in [2.75, 3.05) is 13.2 Å². The van der Waals surface area contributed by atoms with Crippen LogP contribution >= 0.6 is 0 Å². The number of ether oxygens (including phenoxy) is 1. The molecule has 0 aromatic carbocycles. The van der Waals surface area contributed by atoms with Crippen LogP contribution in [0.3, 0.4) is 0 Å². The van der Waals surface area contributed by atoms with Crippen molar-refractivity contribution in [3.8, 4) is 0 Å². The SMILES string of the molecule is CCN=C(NC1CCc2ncnn2C1)NC1C2CCOC2C1(C)C. The van der Waals surface area contributed by atoms with Gasteiger partial charge >= 0.3 is 0 Å². The second-order valence-electron chi connectivity index (χ2n) is 7.75. The molecule has 3 heterocycles. The summed E-state index contributed by atoms with van der Waals surface area (Å²) >= 11 is 0. The Morgan fingerprint density at radius 2 is 2.29 bits per heavy atom. The van der Waals surface area contributed by atoms with Crippen LogP contribution in [0.25, 0.3) is 0 Å². The topological polar surface area (TPSA) is 76.4 Å². The predicted molar refractivity (Wildman–Crippen MR) is 91.8 cm³/mol. The van der Waals surface area contributed by atoms with E-state index >= 15 is 0 Å². The Morgan fingerprint density at radius 3 is 3.12 bits per heavy atom. The van der Waals surface area contributed by atoms with Gasteiger partial charge in [0.2, 0.25) is 0 Å². The Labute approximate surface area is 143 Å². The first-order valence-electron chi connectivity index (χ1n) is 9.15. The van der Waals surface area contributed by atoms with E-state index in [4.69, 9.17) is 4.74 Å². The average molecular weight is 332 g/mol. The highest BCUT2D eigenvalue weighted by molar-refractivity contribution is 5.80. The van der Waals surface area contributed by atoms with Crippen molar-refractivity contribution >= 4 is 5.96 Å². The Kier molecular flexibility index (Phi) is 3.98. The van der Waals surface area contributed by atoms with Crippen LogP contribution in [-0.4, -0.2) is 52.1 Å². The Bertz CT molecular complexity index is 624. The predicted octanol–water partition coefficient (Wildman–Crippen LogP) is 0.962. The van der Waals surface area contributed by atoms with Crippen LogP contribution in [0, 0.1) is 11.3 Å². The minimum Gasteiger partial charge on any atom is -0.377 e. The molecule has 0 amide bonds. The highest BCUT2D eigenvalue weighted by Crippen LogP contribution is 2.52. The largest absolute Gasteiger partial charge is 0.377 e. The molecule has 2 fully saturated rings. The molecule has 4 unspecified atom stereocenters. The van der Waals surface area contributed by atoms with E-state index in [1.807, 2.05) is 4.68 Å². The molecule has 7 heteroatoms. The van der Waals surface area contributed by atoms with Crippen LogP contribution < -0.4 is 10.6 Å². The molecule has 1 aromatic rings. The Balaban J connectivity index is 1.41. The van der Waals surface area contributed by atoms with Gasteiger partial charge in [0.15, 0.2) is 5.96 Å². The standard InChI is InChI=1S/C17H28N6O/c1-4-18-16(21-11-5-6-13-19-10-20-23(13)9-11)22-14-12-7-8-24-15(12)17(14,2)3/h10-12,14-15H,4-9H2,1-3H3,(H2,18,21,22). The number of nitrogens with zero attached hydrogens (tertiary/aromatic N) is 4. The van der Waals surface area contributed by atoms with Gasteiger partial charge in [0.1, 0.15) is 12.2 Å². The van der Waals surface area contributed by atoms with Gasteiger partial charge < -0.3 is 15.4 Å². The quantitative estimate of drug-likeness (QED) is 0.637. The second-order valence-corrected chi connectivity index (χ2v) is 7.75. The Morgan fingerprint density at radius 1 is 1.42 bits per heavy atom. The van der Waals surface area contributed by atoms with Crippen LogP contribution in [0.15, 0.2) is 11.3 Å². The number of hydrogen-bond donors (Lipinski definition) is 2. The van der Waals surface area contributed by atoms with Crippen molar-refractivity contribution in [2.45, 2.75) is 64.8 Å². The zero-order chi connectivity index (χ0) is 16.7. The van der Waals surface area contributed by atoms with E-state index in [-0.39, 0.29) is 5.41 Å². The lowest BCUT2D eigenvalue weighted by molar-refractivity contribution is -0.106. The zero-order valence-electron chi connectivity index (χ0n) is 14.8. The van der Waals surface area contributed by atoms with E-state index in [2.05, 4.69) is 46.5 Å². The summed E-state index contributed by atoms with van der Waals surface area (Å²) in [7, 11) is 0. The van der Waals surface area contributed by atoms with Gasteiger partial charge in [0.05, 0.1) is 12.6 Å². The fourth-order valence-electron chi connectivity index (χ4n) is 4.60. The van der Waals surface area contributed by atoms with Gasteiger partial charge in [-0.2, -0.15) is 5.10 Å². The van der Waals surface area contributed by atoms with Crippen molar-refractivity contribution in [1.82, 2.24) is 25.4 Å². The van der Waals surface area contributed by atoms with Gasteiger partial charge in [0.25, 0.3) is 0 Å². The van der Waals surface area contributed by atoms with Gasteiger partial charge in [-0.3, -0.25) is 4.99 Å². The second kappa shape index (κ2) is 6.02. The molecule has 0 bridgehead atoms. The normalized spacial score (nSPS) is 34.2. The number of fused-ring (bicyclic) bond motifs is 2. The van der Waals surface area contributed by atoms with Crippen molar-refractivity contribution in [1.29, 1.82) is 0 Å². The van der Waals surface area contributed by atoms with E-state index in [0.717, 1.165) is 50.7 Å². The summed E-state index contributed by atoms with van der Waals surface area (Å²) in [6.07, 6.45) is 5.22. The monoisotopic (exact) mass is 332 g/mol. The molecule has 1 saturated heterocycles. The molecule has 0 spiro atoms. The van der Waals surface area contributed by atoms with Crippen molar-refractivity contribution < 1.29 is 4.74 Å². The zero-order valence-corrected chi connectivity index (χ0v) is 14.8. The van der Waals surface area contributed by atoms with Crippen molar-refractivity contribution in [2.24, 2.45) is 16.3 Å². The first-order chi connectivity index (χ1) is 11.6. The number of rotatable bonds is 3. The number of guanidine groups is 1. The van der Waals surface area contributed by atoms with Gasteiger partial charge in [-0.15, -0.1) is 0 Å². The fourth-order valence-corrected chi connectivity index (χ4v) is 4.60. The lowest BCUT2D eigenvalue weighted by Crippen LogP contribution is -2.68. The molecule has 7 nitrogen and oxygen atoms in total. The third kappa shape index (κ3) is 2.59. The summed E-state index contributed by atoms with van der Waals surface area (Å²) < 4.78 is 7.90. The highest BCUT2D eigenvalue weighted by Gasteiger charge is 2.59. The number of hydrogen-bond acceptors (Lipinski definition) is 4. The maximum Gasteiger partial charge on any atom is 0.191 e. The minimum atomic E-state index is 0.156. The van der Waals surface area contributed by atoms with E-state index in [1.54, 1.807) is 6.33 Å². The summed E-state index contributed by atoms with van der Waals surface area (Å²) in [6, 6.07) is 0.768. The first-order valence-corrected chi connectivity index (χ1v) is 9.15. The number of nitrogens with one attached hydrogen (secondary N) is 2. The molecule has 132 valence electrons. The number of aromatic nitrogens is 3. The van der Waals surface area contributed by atoms with Crippen molar-refractivity contribution in [3.63, 3.8) is 0 Å². The summed E-state index contributed by atoms with van der Waals surface area (Å²) in [5, 5.41) is 11.6. The summed E-state index contributed by atoms with van der Waals surface area (Å²) in [5.74, 6) is 2.62. The molecular formula is C17H28N6O. The van der Waals surface area contributed by atoms with Gasteiger partial charge in [0, 0.05) is 43.0 Å². The van der Waals surface area contributed by atoms with Crippen LogP contribution in [0.2, 0.25) is 0 Å². The van der Waals surface area contributed by atoms with Crippen molar-refractivity contribution in [3.05, 3.63) is 12.2 Å². The first kappa shape index (κ1) is 15.9. The molecule has 4 atom stereocenters. The van der Waals surface area contributed by atoms with E-state index < -0.39 is 0 Å². The minimum absolute atomic E-state index is 0.156. The molecule has 1 aromatic heterocycles. The van der Waals surface area contributed by atoms with Crippen LogP contribution in [-0.2, 0) is 17.7 Å². The third-order valence-corrected chi connectivity index (χ3v) is 5.86. The van der Waals surface area contributed by atoms with E-state index in [1.165, 1.54) is 0 Å². The summed E-state index contributed by atoms with van der Waals surface area (Å²) in [6.45, 7) is 9.18. The van der Waals surface area contributed by atoms with Crippen LogP contribution in [0.1, 0.15) is 39.4 Å². The fraction of sp³-hybridized carbons (Fsp3) is 0.824. The van der Waals surface area contributed by atoms with E-state index in [9.17, 15) is 0 Å². The maximum atomic E-state index is 5.90. The molecule has 2 N–H and O–H groups in total. The molecule has 4 rings (SSSR count). The average Bonchev–Trinajstić information content (AvgIpc) is 3.20. The molecule has 24 heavy (non-hydrogen) atoms. The van der Waals surface area contributed by atoms with Crippen LogP contribution in [0.4, 0.5) is 0 Å². The molecule has 2 aliphatic heterocycles. The highest BCUT2D eigenvalue weighted by atomic mass is 16.5. The number of aryl methyl sites for hydroxylation is 1. The van der Waals surface area contributed by atoms with Crippen LogP contribution in [0.5, 0.6) is 0 Å². The van der Waals surface area contributed by atoms with E-state index in [0.29, 0.717) is 24.1 Å². The molecule has 0 radical (unpaired) electrons. The van der Waals surface area contributed by atoms with Gasteiger partial charge in [-0.1, -0.05) is 13.8 Å². The lowest BCUT2D eigenvalue weighted by Gasteiger charge is -2.55. The summed E-state index contributed by atoms with van der Waals surface area (Å²) in [5.41, 5.74) is 0.156. The van der Waals surface area contributed by atoms with Gasteiger partial charge in [-0.25, -0.2) is 9.67 Å². The third-order valence-electron chi connectivity index (χ3n) is 5.86. The molecular weight excluding hydrogens is 304 g/mol. The molecule has 1 aliphatic carbocycles. The van der Waals surface area contributed by atoms with Gasteiger partial charge in [-0.05, 0) is 19.8 Å². The lowest BCUT2D eigenvalue weighted by atomic mass is 9.57. The number of aliphatic imine (C=N–C) groups is 1. The summed E-state index contributed by atoms with van der Waals surface area (Å²) in [4.78, 5) is 8.97.